The molecule has 3 nitrogen and oxygen atoms in total. The van der Waals surface area contributed by atoms with Gasteiger partial charge in [0.05, 0.1) is 5.92 Å². The molecule has 0 radical (unpaired) electrons. The van der Waals surface area contributed by atoms with Crippen molar-refractivity contribution in [3.05, 3.63) is 0 Å². The Morgan fingerprint density at radius 3 is 2.09 bits per heavy atom. The fourth-order valence-electron chi connectivity index (χ4n) is 1.33. The average molecular weight is 159 g/mol. The van der Waals surface area contributed by atoms with Gasteiger partial charge in [-0.05, 0) is 18.9 Å². The van der Waals surface area contributed by atoms with Crippen molar-refractivity contribution in [1.82, 2.24) is 0 Å². The predicted octanol–water partition coefficient (Wildman–Crippen LogP) is 1.08. The van der Waals surface area contributed by atoms with E-state index in [4.69, 9.17) is 10.8 Å². The molecule has 0 heterocycles. The molecular weight excluding hydrogens is 142 g/mol. The van der Waals surface area contributed by atoms with Crippen LogP contribution < -0.4 is 5.73 Å². The quantitative estimate of drug-likeness (QED) is 0.631. The molecule has 0 fully saturated rings. The van der Waals surface area contributed by atoms with E-state index in [1.54, 1.807) is 0 Å². The largest absolute Gasteiger partial charge is 0.481 e. The van der Waals surface area contributed by atoms with E-state index in [1.165, 1.54) is 0 Å². The molecular formula is C8H17NO2. The summed E-state index contributed by atoms with van der Waals surface area (Å²) in [6, 6.07) is 0. The number of nitrogens with two attached hydrogens (primary N) is 1. The Labute approximate surface area is 67.6 Å². The van der Waals surface area contributed by atoms with Gasteiger partial charge in [-0.3, -0.25) is 4.79 Å². The molecule has 0 bridgehead atoms. The molecule has 0 aromatic carbocycles. The van der Waals surface area contributed by atoms with E-state index >= 15 is 0 Å². The van der Waals surface area contributed by atoms with Crippen molar-refractivity contribution in [3.8, 4) is 0 Å². The van der Waals surface area contributed by atoms with Crippen LogP contribution in [-0.2, 0) is 4.79 Å². The molecule has 0 aliphatic carbocycles. The van der Waals surface area contributed by atoms with Gasteiger partial charge in [0.15, 0.2) is 0 Å². The zero-order valence-corrected chi connectivity index (χ0v) is 7.21. The highest BCUT2D eigenvalue weighted by atomic mass is 16.4. The molecule has 0 aromatic rings. The van der Waals surface area contributed by atoms with Gasteiger partial charge < -0.3 is 10.8 Å². The molecule has 3 N–H and O–H groups in total. The molecule has 2 atom stereocenters. The van der Waals surface area contributed by atoms with Crippen LogP contribution >= 0.6 is 0 Å². The number of hydrogen-bond acceptors (Lipinski definition) is 2. The van der Waals surface area contributed by atoms with Crippen LogP contribution in [-0.4, -0.2) is 17.6 Å². The third-order valence-electron chi connectivity index (χ3n) is 2.15. The highest BCUT2D eigenvalue weighted by Gasteiger charge is 2.23. The van der Waals surface area contributed by atoms with Crippen molar-refractivity contribution < 1.29 is 9.90 Å². The van der Waals surface area contributed by atoms with Crippen molar-refractivity contribution in [3.63, 3.8) is 0 Å². The number of carboxylic acids is 1. The summed E-state index contributed by atoms with van der Waals surface area (Å²) in [6.07, 6.45) is 1.52. The van der Waals surface area contributed by atoms with Crippen LogP contribution in [0.4, 0.5) is 0 Å². The molecule has 0 aliphatic heterocycles. The summed E-state index contributed by atoms with van der Waals surface area (Å²) >= 11 is 0. The lowest BCUT2D eigenvalue weighted by atomic mass is 9.88. The van der Waals surface area contributed by atoms with Crippen molar-refractivity contribution in [2.24, 2.45) is 17.6 Å². The van der Waals surface area contributed by atoms with Gasteiger partial charge in [0.2, 0.25) is 0 Å². The van der Waals surface area contributed by atoms with Crippen LogP contribution in [0, 0.1) is 11.8 Å². The van der Waals surface area contributed by atoms with Gasteiger partial charge in [-0.25, -0.2) is 0 Å². The van der Waals surface area contributed by atoms with E-state index in [2.05, 4.69) is 0 Å². The van der Waals surface area contributed by atoms with Crippen molar-refractivity contribution in [2.75, 3.05) is 6.54 Å². The molecule has 2 unspecified atom stereocenters. The van der Waals surface area contributed by atoms with Crippen molar-refractivity contribution in [1.29, 1.82) is 0 Å². The van der Waals surface area contributed by atoms with Crippen LogP contribution in [0.5, 0.6) is 0 Å². The Bertz CT molecular complexity index is 121. The number of hydrogen-bond donors (Lipinski definition) is 2. The first-order chi connectivity index (χ1) is 5.17. The van der Waals surface area contributed by atoms with Gasteiger partial charge in [0, 0.05) is 0 Å². The summed E-state index contributed by atoms with van der Waals surface area (Å²) in [5, 5.41) is 8.75. The lowest BCUT2D eigenvalue weighted by molar-refractivity contribution is -0.143. The summed E-state index contributed by atoms with van der Waals surface area (Å²) in [7, 11) is 0. The molecule has 0 rings (SSSR count). The second-order valence-corrected chi connectivity index (χ2v) is 2.76. The highest BCUT2D eigenvalue weighted by molar-refractivity contribution is 5.70. The normalized spacial score (nSPS) is 15.9. The fraction of sp³-hybridized carbons (Fsp3) is 0.875. The van der Waals surface area contributed by atoms with Gasteiger partial charge >= 0.3 is 5.97 Å². The summed E-state index contributed by atoms with van der Waals surface area (Å²) in [5.41, 5.74) is 5.43. The van der Waals surface area contributed by atoms with Gasteiger partial charge in [0.25, 0.3) is 0 Å². The first kappa shape index (κ1) is 10.4. The predicted molar refractivity (Wildman–Crippen MR) is 44.3 cm³/mol. The topological polar surface area (TPSA) is 63.3 Å². The number of rotatable bonds is 5. The van der Waals surface area contributed by atoms with E-state index in [-0.39, 0.29) is 11.8 Å². The second kappa shape index (κ2) is 5.13. The van der Waals surface area contributed by atoms with Crippen molar-refractivity contribution >= 4 is 5.97 Å². The summed E-state index contributed by atoms with van der Waals surface area (Å²) in [6.45, 7) is 4.33. The molecule has 66 valence electrons. The zero-order chi connectivity index (χ0) is 8.85. The van der Waals surface area contributed by atoms with Gasteiger partial charge in [0.1, 0.15) is 0 Å². The maximum atomic E-state index is 10.6. The van der Waals surface area contributed by atoms with E-state index in [9.17, 15) is 4.79 Å². The fourth-order valence-corrected chi connectivity index (χ4v) is 1.33. The second-order valence-electron chi connectivity index (χ2n) is 2.76. The van der Waals surface area contributed by atoms with E-state index in [0.717, 1.165) is 6.42 Å². The zero-order valence-electron chi connectivity index (χ0n) is 7.21. The number of carbonyl (C=O) groups is 1. The van der Waals surface area contributed by atoms with Crippen LogP contribution in [0.1, 0.15) is 26.7 Å². The smallest absolute Gasteiger partial charge is 0.306 e. The Kier molecular flexibility index (Phi) is 4.86. The molecule has 0 saturated heterocycles. The Morgan fingerprint density at radius 1 is 1.45 bits per heavy atom. The van der Waals surface area contributed by atoms with Gasteiger partial charge in [-0.15, -0.1) is 0 Å². The van der Waals surface area contributed by atoms with Crippen LogP contribution in [0.25, 0.3) is 0 Å². The lowest BCUT2D eigenvalue weighted by Gasteiger charge is -2.18. The molecule has 0 saturated carbocycles. The molecule has 3 heteroatoms. The first-order valence-electron chi connectivity index (χ1n) is 4.10. The summed E-state index contributed by atoms with van der Waals surface area (Å²) in [5.74, 6) is -0.840. The molecule has 0 aromatic heterocycles. The first-order valence-corrected chi connectivity index (χ1v) is 4.10. The van der Waals surface area contributed by atoms with E-state index in [1.807, 2.05) is 13.8 Å². The van der Waals surface area contributed by atoms with E-state index in [0.29, 0.717) is 13.0 Å². The standard InChI is InChI=1S/C8H17NO2/c1-3-6(5-9)7(4-2)8(10)11/h6-7H,3-5,9H2,1-2H3,(H,10,11). The Hall–Kier alpha value is -0.570. The Balaban J connectivity index is 4.09. The minimum Gasteiger partial charge on any atom is -0.481 e. The Morgan fingerprint density at radius 2 is 2.00 bits per heavy atom. The van der Waals surface area contributed by atoms with Gasteiger partial charge in [-0.2, -0.15) is 0 Å². The monoisotopic (exact) mass is 159 g/mol. The SMILES string of the molecule is CCC(CN)C(CC)C(=O)O. The third kappa shape index (κ3) is 2.89. The maximum Gasteiger partial charge on any atom is 0.306 e. The molecule has 11 heavy (non-hydrogen) atoms. The highest BCUT2D eigenvalue weighted by Crippen LogP contribution is 2.17. The summed E-state index contributed by atoms with van der Waals surface area (Å²) in [4.78, 5) is 10.6. The van der Waals surface area contributed by atoms with Crippen molar-refractivity contribution in [2.45, 2.75) is 26.7 Å². The van der Waals surface area contributed by atoms with Crippen LogP contribution in [0.3, 0.4) is 0 Å². The third-order valence-corrected chi connectivity index (χ3v) is 2.15. The maximum absolute atomic E-state index is 10.6. The van der Waals surface area contributed by atoms with E-state index < -0.39 is 5.97 Å². The minimum absolute atomic E-state index is 0.137. The number of aliphatic carboxylic acids is 1. The minimum atomic E-state index is -0.718. The van der Waals surface area contributed by atoms with Crippen LogP contribution in [0.15, 0.2) is 0 Å². The van der Waals surface area contributed by atoms with Crippen LogP contribution in [0.2, 0.25) is 0 Å². The summed E-state index contributed by atoms with van der Waals surface area (Å²) < 4.78 is 0. The molecule has 0 amide bonds. The lowest BCUT2D eigenvalue weighted by Crippen LogP contribution is -2.28. The average Bonchev–Trinajstić information content (AvgIpc) is 1.99. The molecule has 0 aliphatic rings. The van der Waals surface area contributed by atoms with Gasteiger partial charge in [-0.1, -0.05) is 20.3 Å². The number of carboxylic acid groups (broad SMARTS) is 1. The molecule has 0 spiro atoms.